The highest BCUT2D eigenvalue weighted by molar-refractivity contribution is 5.98. The van der Waals surface area contributed by atoms with Gasteiger partial charge in [-0.05, 0) is 12.0 Å². The van der Waals surface area contributed by atoms with Gasteiger partial charge in [0.1, 0.15) is 6.04 Å². The number of amides is 4. The van der Waals surface area contributed by atoms with Gasteiger partial charge in [0, 0.05) is 13.5 Å². The third-order valence-electron chi connectivity index (χ3n) is 2.63. The van der Waals surface area contributed by atoms with Crippen LogP contribution >= 0.6 is 0 Å². The molecular formula is C14H19N3O3. The molecule has 0 aliphatic carbocycles. The first-order valence-electron chi connectivity index (χ1n) is 6.42. The lowest BCUT2D eigenvalue weighted by Crippen LogP contribution is -2.50. The Morgan fingerprint density at radius 1 is 1.15 bits per heavy atom. The second-order valence-electron chi connectivity index (χ2n) is 4.32. The van der Waals surface area contributed by atoms with Crippen LogP contribution in [0.2, 0.25) is 0 Å². The Morgan fingerprint density at radius 2 is 1.80 bits per heavy atom. The zero-order chi connectivity index (χ0) is 15.0. The molecule has 0 saturated heterocycles. The van der Waals surface area contributed by atoms with Crippen LogP contribution in [0.4, 0.5) is 4.79 Å². The van der Waals surface area contributed by atoms with E-state index in [1.807, 2.05) is 30.3 Å². The summed E-state index contributed by atoms with van der Waals surface area (Å²) in [6.07, 6.45) is 0.414. The van der Waals surface area contributed by atoms with E-state index in [0.717, 1.165) is 5.56 Å². The van der Waals surface area contributed by atoms with Crippen LogP contribution in [0.1, 0.15) is 25.8 Å². The van der Waals surface area contributed by atoms with Crippen molar-refractivity contribution in [3.8, 4) is 0 Å². The number of hydrogen-bond acceptors (Lipinski definition) is 3. The molecule has 0 bridgehead atoms. The molecule has 20 heavy (non-hydrogen) atoms. The molecule has 0 aromatic heterocycles. The molecule has 0 spiro atoms. The van der Waals surface area contributed by atoms with Crippen molar-refractivity contribution in [1.82, 2.24) is 16.0 Å². The molecule has 0 aliphatic rings. The summed E-state index contributed by atoms with van der Waals surface area (Å²) < 4.78 is 0. The van der Waals surface area contributed by atoms with E-state index >= 15 is 0 Å². The molecule has 0 fully saturated rings. The van der Waals surface area contributed by atoms with Crippen LogP contribution in [0.3, 0.4) is 0 Å². The molecule has 3 N–H and O–H groups in total. The Bertz CT molecular complexity index is 474. The number of carbonyl (C=O) groups excluding carboxylic acids is 3. The van der Waals surface area contributed by atoms with Crippen molar-refractivity contribution in [3.05, 3.63) is 35.9 Å². The zero-order valence-corrected chi connectivity index (χ0v) is 11.6. The fourth-order valence-electron chi connectivity index (χ4n) is 1.62. The lowest BCUT2D eigenvalue weighted by molar-refractivity contribution is -0.127. The van der Waals surface area contributed by atoms with Crippen molar-refractivity contribution in [3.63, 3.8) is 0 Å². The second kappa shape index (κ2) is 7.93. The molecule has 6 nitrogen and oxygen atoms in total. The third kappa shape index (κ3) is 5.51. The zero-order valence-electron chi connectivity index (χ0n) is 11.6. The molecule has 1 aromatic carbocycles. The SMILES string of the molecule is CC[C@H](NC(C)=O)C(=O)NC(=O)NCc1ccccc1. The van der Waals surface area contributed by atoms with E-state index in [4.69, 9.17) is 0 Å². The van der Waals surface area contributed by atoms with Crippen molar-refractivity contribution < 1.29 is 14.4 Å². The van der Waals surface area contributed by atoms with E-state index < -0.39 is 18.0 Å². The van der Waals surface area contributed by atoms with Gasteiger partial charge in [-0.25, -0.2) is 4.79 Å². The van der Waals surface area contributed by atoms with Gasteiger partial charge in [-0.1, -0.05) is 37.3 Å². The standard InChI is InChI=1S/C14H19N3O3/c1-3-12(16-10(2)18)13(19)17-14(20)15-9-11-7-5-4-6-8-11/h4-8,12H,3,9H2,1-2H3,(H,16,18)(H2,15,17,19,20)/t12-/m0/s1. The lowest BCUT2D eigenvalue weighted by atomic mass is 10.2. The van der Waals surface area contributed by atoms with Gasteiger partial charge in [-0.15, -0.1) is 0 Å². The number of carbonyl (C=O) groups is 3. The van der Waals surface area contributed by atoms with Gasteiger partial charge >= 0.3 is 6.03 Å². The Kier molecular flexibility index (Phi) is 6.22. The van der Waals surface area contributed by atoms with Crippen molar-refractivity contribution >= 4 is 17.8 Å². The van der Waals surface area contributed by atoms with E-state index in [0.29, 0.717) is 13.0 Å². The Morgan fingerprint density at radius 3 is 2.35 bits per heavy atom. The fraction of sp³-hybridized carbons (Fsp3) is 0.357. The largest absolute Gasteiger partial charge is 0.345 e. The maximum absolute atomic E-state index is 11.7. The lowest BCUT2D eigenvalue weighted by Gasteiger charge is -2.15. The number of imide groups is 1. The summed E-state index contributed by atoms with van der Waals surface area (Å²) >= 11 is 0. The van der Waals surface area contributed by atoms with Gasteiger partial charge < -0.3 is 10.6 Å². The van der Waals surface area contributed by atoms with Gasteiger partial charge in [-0.3, -0.25) is 14.9 Å². The van der Waals surface area contributed by atoms with Gasteiger partial charge in [0.15, 0.2) is 0 Å². The summed E-state index contributed by atoms with van der Waals surface area (Å²) in [5.74, 6) is -0.829. The van der Waals surface area contributed by atoms with Gasteiger partial charge in [-0.2, -0.15) is 0 Å². The molecule has 1 aromatic rings. The minimum atomic E-state index is -0.699. The third-order valence-corrected chi connectivity index (χ3v) is 2.63. The minimum Gasteiger partial charge on any atom is -0.345 e. The Hall–Kier alpha value is -2.37. The van der Waals surface area contributed by atoms with E-state index in [-0.39, 0.29) is 5.91 Å². The Balaban J connectivity index is 2.41. The maximum atomic E-state index is 11.7. The highest BCUT2D eigenvalue weighted by Crippen LogP contribution is 1.97. The van der Waals surface area contributed by atoms with Crippen LogP contribution in [0.5, 0.6) is 0 Å². The number of benzene rings is 1. The molecule has 0 heterocycles. The predicted octanol–water partition coefficient (Wildman–Crippen LogP) is 0.927. The summed E-state index contributed by atoms with van der Waals surface area (Å²) in [5, 5.41) is 7.26. The molecular weight excluding hydrogens is 258 g/mol. The van der Waals surface area contributed by atoms with E-state index in [9.17, 15) is 14.4 Å². The van der Waals surface area contributed by atoms with E-state index in [2.05, 4.69) is 16.0 Å². The molecule has 0 unspecified atom stereocenters. The molecule has 4 amide bonds. The average molecular weight is 277 g/mol. The number of nitrogens with one attached hydrogen (secondary N) is 3. The van der Waals surface area contributed by atoms with Gasteiger partial charge in [0.2, 0.25) is 5.91 Å². The minimum absolute atomic E-state index is 0.309. The maximum Gasteiger partial charge on any atom is 0.321 e. The van der Waals surface area contributed by atoms with Gasteiger partial charge in [0.25, 0.3) is 5.91 Å². The van der Waals surface area contributed by atoms with Crippen molar-refractivity contribution in [2.24, 2.45) is 0 Å². The number of hydrogen-bond donors (Lipinski definition) is 3. The smallest absolute Gasteiger partial charge is 0.321 e. The molecule has 108 valence electrons. The normalized spacial score (nSPS) is 11.3. The topological polar surface area (TPSA) is 87.3 Å². The van der Waals surface area contributed by atoms with E-state index in [1.165, 1.54) is 6.92 Å². The van der Waals surface area contributed by atoms with Crippen LogP contribution in [0, 0.1) is 0 Å². The quantitative estimate of drug-likeness (QED) is 0.748. The summed E-state index contributed by atoms with van der Waals surface area (Å²) in [4.78, 5) is 34.2. The summed E-state index contributed by atoms with van der Waals surface area (Å²) in [6.45, 7) is 3.41. The van der Waals surface area contributed by atoms with Crippen molar-refractivity contribution in [1.29, 1.82) is 0 Å². The highest BCUT2D eigenvalue weighted by atomic mass is 16.2. The number of urea groups is 1. The van der Waals surface area contributed by atoms with Crippen LogP contribution in [-0.2, 0) is 16.1 Å². The first-order chi connectivity index (χ1) is 9.52. The van der Waals surface area contributed by atoms with Crippen LogP contribution in [-0.4, -0.2) is 23.9 Å². The van der Waals surface area contributed by atoms with E-state index in [1.54, 1.807) is 6.92 Å². The summed E-state index contributed by atoms with van der Waals surface area (Å²) in [6, 6.07) is 8.07. The van der Waals surface area contributed by atoms with Crippen molar-refractivity contribution in [2.45, 2.75) is 32.9 Å². The first kappa shape index (κ1) is 15.7. The van der Waals surface area contributed by atoms with Crippen LogP contribution < -0.4 is 16.0 Å². The van der Waals surface area contributed by atoms with Crippen LogP contribution in [0.25, 0.3) is 0 Å². The summed E-state index contributed by atoms with van der Waals surface area (Å²) in [5.41, 5.74) is 0.934. The first-order valence-corrected chi connectivity index (χ1v) is 6.42. The van der Waals surface area contributed by atoms with Gasteiger partial charge in [0.05, 0.1) is 0 Å². The molecule has 1 atom stereocenters. The molecule has 0 saturated carbocycles. The fourth-order valence-corrected chi connectivity index (χ4v) is 1.62. The van der Waals surface area contributed by atoms with Crippen LogP contribution in [0.15, 0.2) is 30.3 Å². The highest BCUT2D eigenvalue weighted by Gasteiger charge is 2.19. The molecule has 0 radical (unpaired) electrons. The molecule has 0 aliphatic heterocycles. The molecule has 6 heteroatoms. The Labute approximate surface area is 117 Å². The number of rotatable bonds is 5. The summed E-state index contributed by atoms with van der Waals surface area (Å²) in [7, 11) is 0. The average Bonchev–Trinajstić information content (AvgIpc) is 2.43. The van der Waals surface area contributed by atoms with Crippen molar-refractivity contribution in [2.75, 3.05) is 0 Å². The predicted molar refractivity (Wildman–Crippen MR) is 74.7 cm³/mol. The monoisotopic (exact) mass is 277 g/mol. The second-order valence-corrected chi connectivity index (χ2v) is 4.32. The molecule has 1 rings (SSSR count).